The molecule has 0 saturated heterocycles. The highest BCUT2D eigenvalue weighted by molar-refractivity contribution is 7.99. The maximum atomic E-state index is 11.8. The van der Waals surface area contributed by atoms with Crippen LogP contribution in [0.2, 0.25) is 0 Å². The number of carbonyl (C=O) groups is 2. The van der Waals surface area contributed by atoms with E-state index in [2.05, 4.69) is 36.4 Å². The lowest BCUT2D eigenvalue weighted by Crippen LogP contribution is -2.29. The zero-order valence-corrected chi connectivity index (χ0v) is 20.3. The van der Waals surface area contributed by atoms with E-state index in [-0.39, 0.29) is 6.42 Å². The van der Waals surface area contributed by atoms with Crippen molar-refractivity contribution in [3.63, 3.8) is 0 Å². The summed E-state index contributed by atoms with van der Waals surface area (Å²) >= 11 is 1.34. The van der Waals surface area contributed by atoms with Crippen molar-refractivity contribution < 1.29 is 24.5 Å². The molecular formula is C27H36O5S. The van der Waals surface area contributed by atoms with E-state index < -0.39 is 23.3 Å². The molecule has 2 aromatic carbocycles. The molecule has 5 nitrogen and oxygen atoms in total. The lowest BCUT2D eigenvalue weighted by Gasteiger charge is -2.25. The van der Waals surface area contributed by atoms with E-state index in [9.17, 15) is 14.7 Å². The van der Waals surface area contributed by atoms with Crippen molar-refractivity contribution in [2.75, 3.05) is 12.9 Å². The summed E-state index contributed by atoms with van der Waals surface area (Å²) in [5.41, 5.74) is 3.46. The van der Waals surface area contributed by atoms with Crippen LogP contribution in [0.3, 0.4) is 0 Å². The first kappa shape index (κ1) is 26.9. The first-order valence-corrected chi connectivity index (χ1v) is 12.8. The van der Waals surface area contributed by atoms with E-state index in [1.165, 1.54) is 50.1 Å². The molecule has 0 aromatic heterocycles. The predicted octanol–water partition coefficient (Wildman–Crippen LogP) is 6.16. The number of carboxylic acid groups (broad SMARTS) is 2. The zero-order valence-electron chi connectivity index (χ0n) is 19.4. The van der Waals surface area contributed by atoms with Gasteiger partial charge in [-0.3, -0.25) is 4.79 Å². The predicted molar refractivity (Wildman–Crippen MR) is 134 cm³/mol. The van der Waals surface area contributed by atoms with Gasteiger partial charge < -0.3 is 14.9 Å². The fourth-order valence-corrected chi connectivity index (χ4v) is 5.36. The van der Waals surface area contributed by atoms with Gasteiger partial charge in [-0.1, -0.05) is 80.3 Å². The number of aliphatic carboxylic acids is 2. The first-order valence-electron chi connectivity index (χ1n) is 11.7. The molecule has 0 spiro atoms. The van der Waals surface area contributed by atoms with Crippen LogP contribution in [0.1, 0.15) is 66.9 Å². The molecular weight excluding hydrogens is 436 g/mol. The smallest absolute Gasteiger partial charge is 0.334 e. The van der Waals surface area contributed by atoms with Crippen LogP contribution in [0.4, 0.5) is 0 Å². The van der Waals surface area contributed by atoms with Gasteiger partial charge in [0.05, 0.1) is 11.7 Å². The van der Waals surface area contributed by atoms with Crippen LogP contribution in [0, 0.1) is 0 Å². The van der Waals surface area contributed by atoms with Crippen molar-refractivity contribution in [1.29, 1.82) is 0 Å². The fraction of sp³-hybridized carbons (Fsp3) is 0.481. The number of aryl methyl sites for hydroxylation is 2. The number of hydrogen-bond donors (Lipinski definition) is 2. The number of carboxylic acids is 2. The lowest BCUT2D eigenvalue weighted by atomic mass is 9.96. The summed E-state index contributed by atoms with van der Waals surface area (Å²) in [4.78, 5) is 22.7. The maximum absolute atomic E-state index is 11.8. The third-order valence-electron chi connectivity index (χ3n) is 5.75. The third kappa shape index (κ3) is 10.0. The fourth-order valence-electron chi connectivity index (χ4n) is 4.00. The van der Waals surface area contributed by atoms with Gasteiger partial charge in [-0.25, -0.2) is 4.79 Å². The normalized spacial score (nSPS) is 12.9. The maximum Gasteiger partial charge on any atom is 0.334 e. The van der Waals surface area contributed by atoms with E-state index in [0.29, 0.717) is 5.75 Å². The summed E-state index contributed by atoms with van der Waals surface area (Å²) in [5, 5.41) is 18.2. The minimum absolute atomic E-state index is 0.0103. The second-order valence-electron chi connectivity index (χ2n) is 8.24. The second kappa shape index (κ2) is 15.5. The molecule has 0 aliphatic rings. The summed E-state index contributed by atoms with van der Waals surface area (Å²) in [6.45, 7) is 0. The molecule has 6 heteroatoms. The average Bonchev–Trinajstić information content (AvgIpc) is 2.81. The van der Waals surface area contributed by atoms with Crippen molar-refractivity contribution in [2.45, 2.75) is 69.1 Å². The van der Waals surface area contributed by atoms with E-state index in [0.717, 1.165) is 36.8 Å². The van der Waals surface area contributed by atoms with Crippen molar-refractivity contribution in [2.24, 2.45) is 0 Å². The van der Waals surface area contributed by atoms with Crippen molar-refractivity contribution in [1.82, 2.24) is 0 Å². The van der Waals surface area contributed by atoms with Gasteiger partial charge in [-0.15, -0.1) is 11.8 Å². The van der Waals surface area contributed by atoms with Gasteiger partial charge in [-0.05, 0) is 42.4 Å². The molecule has 33 heavy (non-hydrogen) atoms. The molecule has 0 aliphatic heterocycles. The quantitative estimate of drug-likeness (QED) is 0.268. The Hall–Kier alpha value is -2.31. The van der Waals surface area contributed by atoms with Gasteiger partial charge in [0.1, 0.15) is 0 Å². The van der Waals surface area contributed by atoms with Crippen molar-refractivity contribution in [3.05, 3.63) is 71.3 Å². The van der Waals surface area contributed by atoms with E-state index >= 15 is 0 Å². The van der Waals surface area contributed by atoms with Crippen LogP contribution < -0.4 is 0 Å². The van der Waals surface area contributed by atoms with Crippen LogP contribution >= 0.6 is 11.8 Å². The Morgan fingerprint density at radius 1 is 0.848 bits per heavy atom. The molecule has 2 atom stereocenters. The van der Waals surface area contributed by atoms with Gasteiger partial charge in [0.2, 0.25) is 0 Å². The van der Waals surface area contributed by atoms with Gasteiger partial charge in [0.15, 0.2) is 6.10 Å². The molecule has 0 fully saturated rings. The van der Waals surface area contributed by atoms with Gasteiger partial charge in [0, 0.05) is 12.9 Å². The molecule has 2 rings (SSSR count). The summed E-state index contributed by atoms with van der Waals surface area (Å²) in [6, 6.07) is 18.5. The Morgan fingerprint density at radius 3 is 2.09 bits per heavy atom. The number of hydrogen-bond acceptors (Lipinski definition) is 4. The number of benzene rings is 2. The number of methoxy groups -OCH3 is 1. The lowest BCUT2D eigenvalue weighted by molar-refractivity contribution is -0.148. The van der Waals surface area contributed by atoms with E-state index in [1.54, 1.807) is 0 Å². The standard InChI is InChI=1S/C27H36O5S/c1-32-25(27(30)31)26(33-20-19-24(28)29)23-18-12-11-17-22(23)16-10-5-3-2-4-7-13-21-14-8-6-9-15-21/h6,8-9,11-12,14-15,17-18,25-26H,2-5,7,10,13,16,19-20H2,1H3,(H,28,29)(H,30,31)/t25-,26+/m1/s1. The molecule has 0 unspecified atom stereocenters. The van der Waals surface area contributed by atoms with E-state index in [4.69, 9.17) is 9.84 Å². The highest BCUT2D eigenvalue weighted by atomic mass is 32.2. The van der Waals surface area contributed by atoms with E-state index in [1.807, 2.05) is 18.2 Å². The molecule has 0 bridgehead atoms. The van der Waals surface area contributed by atoms with Crippen molar-refractivity contribution in [3.8, 4) is 0 Å². The van der Waals surface area contributed by atoms with Crippen LogP contribution in [0.5, 0.6) is 0 Å². The topological polar surface area (TPSA) is 83.8 Å². The molecule has 180 valence electrons. The highest BCUT2D eigenvalue weighted by Crippen LogP contribution is 2.36. The van der Waals surface area contributed by atoms with Crippen LogP contribution in [-0.2, 0) is 27.2 Å². The largest absolute Gasteiger partial charge is 0.481 e. The first-order chi connectivity index (χ1) is 16.0. The summed E-state index contributed by atoms with van der Waals surface area (Å²) in [6.07, 6.45) is 8.06. The molecule has 0 heterocycles. The van der Waals surface area contributed by atoms with Crippen LogP contribution in [0.15, 0.2) is 54.6 Å². The molecule has 0 radical (unpaired) electrons. The Balaban J connectivity index is 1.84. The monoisotopic (exact) mass is 472 g/mol. The second-order valence-corrected chi connectivity index (χ2v) is 9.48. The highest BCUT2D eigenvalue weighted by Gasteiger charge is 2.31. The molecule has 0 aliphatic carbocycles. The minimum atomic E-state index is -1.03. The molecule has 2 aromatic rings. The van der Waals surface area contributed by atoms with Crippen LogP contribution in [0.25, 0.3) is 0 Å². The Labute approximate surface area is 201 Å². The van der Waals surface area contributed by atoms with Gasteiger partial charge >= 0.3 is 11.9 Å². The Kier molecular flexibility index (Phi) is 12.7. The zero-order chi connectivity index (χ0) is 23.9. The number of unbranched alkanes of at least 4 members (excludes halogenated alkanes) is 5. The van der Waals surface area contributed by atoms with Gasteiger partial charge in [0.25, 0.3) is 0 Å². The summed E-state index contributed by atoms with van der Waals surface area (Å²) in [5.74, 6) is -1.58. The molecule has 2 N–H and O–H groups in total. The van der Waals surface area contributed by atoms with Crippen LogP contribution in [-0.4, -0.2) is 41.1 Å². The molecule has 0 amide bonds. The number of thioether (sulfide) groups is 1. The van der Waals surface area contributed by atoms with Gasteiger partial charge in [-0.2, -0.15) is 0 Å². The molecule has 0 saturated carbocycles. The minimum Gasteiger partial charge on any atom is -0.481 e. The Morgan fingerprint density at radius 2 is 1.45 bits per heavy atom. The summed E-state index contributed by atoms with van der Waals surface area (Å²) in [7, 11) is 1.39. The Bertz CT molecular complexity index is 839. The summed E-state index contributed by atoms with van der Waals surface area (Å²) < 4.78 is 5.29. The van der Waals surface area contributed by atoms with Crippen molar-refractivity contribution >= 4 is 23.7 Å². The number of rotatable bonds is 17. The SMILES string of the molecule is CO[C@@H](C(=O)O)[C@@H](SCCC(=O)O)c1ccccc1CCCCCCCCc1ccccc1. The number of ether oxygens (including phenoxy) is 1. The average molecular weight is 473 g/mol. The third-order valence-corrected chi connectivity index (χ3v) is 7.05.